The van der Waals surface area contributed by atoms with Crippen molar-refractivity contribution in [2.75, 3.05) is 32.1 Å². The number of fused-ring (bicyclic) bond motifs is 1. The molecule has 3 heterocycles. The van der Waals surface area contributed by atoms with Gasteiger partial charge in [0, 0.05) is 50.1 Å². The number of likely N-dealkylation sites (tertiary alicyclic amines) is 1. The van der Waals surface area contributed by atoms with Crippen LogP contribution in [-0.2, 0) is 9.53 Å². The summed E-state index contributed by atoms with van der Waals surface area (Å²) in [6.07, 6.45) is -0.199. The van der Waals surface area contributed by atoms with E-state index in [0.717, 1.165) is 45.2 Å². The molecule has 202 valence electrons. The summed E-state index contributed by atoms with van der Waals surface area (Å²) < 4.78 is 46.9. The van der Waals surface area contributed by atoms with Crippen LogP contribution in [0.15, 0.2) is 24.3 Å². The Kier molecular flexibility index (Phi) is 7.24. The van der Waals surface area contributed by atoms with Crippen molar-refractivity contribution in [3.8, 4) is 11.8 Å². The number of ether oxygens (including phenoxy) is 2. The van der Waals surface area contributed by atoms with E-state index in [2.05, 4.69) is 36.8 Å². The van der Waals surface area contributed by atoms with Crippen molar-refractivity contribution in [1.82, 2.24) is 20.7 Å². The molecule has 5 rings (SSSR count). The number of halogens is 3. The highest BCUT2D eigenvalue weighted by atomic mass is 19.4. The van der Waals surface area contributed by atoms with Gasteiger partial charge in [0.15, 0.2) is 0 Å². The highest BCUT2D eigenvalue weighted by molar-refractivity contribution is 5.82. The Morgan fingerprint density at radius 1 is 1.19 bits per heavy atom. The van der Waals surface area contributed by atoms with Crippen LogP contribution >= 0.6 is 0 Å². The number of methoxy groups -OCH3 is 1. The standard InChI is InChI=1S/C25H33F3N6O3/c1-36-19-14-33(15-19)17-6-9-24(10-7-17,11-12-29)34-20-8-13-30-23(35)21(20)22(32-34)31-16-2-4-18(5-3-16)37-25(26,27)28/h2-5,17,19-22,31-32H,6-11,13-15H2,1H3,(H,30,35). The van der Waals surface area contributed by atoms with Crippen LogP contribution in [-0.4, -0.2) is 78.8 Å². The number of piperidine rings is 1. The third kappa shape index (κ3) is 5.36. The van der Waals surface area contributed by atoms with Crippen LogP contribution in [0.5, 0.6) is 5.75 Å². The average molecular weight is 523 g/mol. The molecule has 37 heavy (non-hydrogen) atoms. The fraction of sp³-hybridized carbons (Fsp3) is 0.680. The first-order chi connectivity index (χ1) is 17.7. The Balaban J connectivity index is 1.31. The molecule has 3 N–H and O–H groups in total. The third-order valence-corrected chi connectivity index (χ3v) is 8.37. The maximum atomic E-state index is 13.0. The van der Waals surface area contributed by atoms with Gasteiger partial charge >= 0.3 is 6.36 Å². The number of nitriles is 1. The summed E-state index contributed by atoms with van der Waals surface area (Å²) in [4.78, 5) is 15.4. The van der Waals surface area contributed by atoms with Crippen molar-refractivity contribution in [1.29, 1.82) is 5.26 Å². The molecule has 3 atom stereocenters. The van der Waals surface area contributed by atoms with Gasteiger partial charge in [-0.15, -0.1) is 13.2 Å². The average Bonchev–Trinajstić information content (AvgIpc) is 3.20. The lowest BCUT2D eigenvalue weighted by atomic mass is 9.74. The summed E-state index contributed by atoms with van der Waals surface area (Å²) in [6.45, 7) is 2.45. The first-order valence-electron chi connectivity index (χ1n) is 12.8. The number of nitrogens with zero attached hydrogens (tertiary/aromatic N) is 3. The Bertz CT molecular complexity index is 1000. The van der Waals surface area contributed by atoms with E-state index in [4.69, 9.17) is 4.74 Å². The molecule has 1 aromatic carbocycles. The lowest BCUT2D eigenvalue weighted by Crippen LogP contribution is -2.63. The van der Waals surface area contributed by atoms with E-state index in [0.29, 0.717) is 30.8 Å². The summed E-state index contributed by atoms with van der Waals surface area (Å²) in [5.41, 5.74) is 3.69. The molecule has 3 saturated heterocycles. The van der Waals surface area contributed by atoms with Gasteiger partial charge in [0.2, 0.25) is 5.91 Å². The minimum Gasteiger partial charge on any atom is -0.406 e. The van der Waals surface area contributed by atoms with E-state index in [1.165, 1.54) is 24.3 Å². The Morgan fingerprint density at radius 3 is 2.51 bits per heavy atom. The number of hydrogen-bond donors (Lipinski definition) is 3. The number of amides is 1. The van der Waals surface area contributed by atoms with Gasteiger partial charge in [-0.25, -0.2) is 10.4 Å². The van der Waals surface area contributed by atoms with Gasteiger partial charge in [0.05, 0.1) is 24.5 Å². The Hall–Kier alpha value is -2.59. The molecule has 1 aromatic rings. The van der Waals surface area contributed by atoms with E-state index >= 15 is 0 Å². The van der Waals surface area contributed by atoms with Crippen LogP contribution in [0, 0.1) is 17.2 Å². The number of carbonyl (C=O) groups excluding carboxylic acids is 1. The normalized spacial score (nSPS) is 33.2. The van der Waals surface area contributed by atoms with Crippen LogP contribution in [0.25, 0.3) is 0 Å². The van der Waals surface area contributed by atoms with E-state index in [-0.39, 0.29) is 17.7 Å². The molecule has 0 bridgehead atoms. The molecular formula is C25H33F3N6O3. The van der Waals surface area contributed by atoms with Gasteiger partial charge in [-0.1, -0.05) is 0 Å². The Labute approximate surface area is 214 Å². The molecule has 3 aliphatic heterocycles. The van der Waals surface area contributed by atoms with Gasteiger partial charge in [-0.05, 0) is 56.4 Å². The smallest absolute Gasteiger partial charge is 0.406 e. The van der Waals surface area contributed by atoms with Crippen LogP contribution in [0.2, 0.25) is 0 Å². The van der Waals surface area contributed by atoms with E-state index in [1.807, 2.05) is 0 Å². The SMILES string of the molecule is COC1CN(C2CCC(CC#N)(N3NC(Nc4ccc(OC(F)(F)F)cc4)C4C(=O)NCCC43)CC2)C1. The molecule has 12 heteroatoms. The van der Waals surface area contributed by atoms with Crippen molar-refractivity contribution in [3.05, 3.63) is 24.3 Å². The lowest BCUT2D eigenvalue weighted by molar-refractivity contribution is -0.274. The predicted octanol–water partition coefficient (Wildman–Crippen LogP) is 2.57. The number of carbonyl (C=O) groups is 1. The summed E-state index contributed by atoms with van der Waals surface area (Å²) >= 11 is 0. The van der Waals surface area contributed by atoms with E-state index in [9.17, 15) is 23.2 Å². The van der Waals surface area contributed by atoms with Crippen LogP contribution < -0.4 is 20.8 Å². The predicted molar refractivity (Wildman–Crippen MR) is 128 cm³/mol. The van der Waals surface area contributed by atoms with E-state index < -0.39 is 24.0 Å². The summed E-state index contributed by atoms with van der Waals surface area (Å²) in [6, 6.07) is 8.25. The first kappa shape index (κ1) is 26.0. The maximum absolute atomic E-state index is 13.0. The second kappa shape index (κ2) is 10.3. The van der Waals surface area contributed by atoms with Crippen LogP contribution in [0.3, 0.4) is 0 Å². The van der Waals surface area contributed by atoms with Crippen molar-refractivity contribution in [3.63, 3.8) is 0 Å². The van der Waals surface area contributed by atoms with Crippen LogP contribution in [0.1, 0.15) is 38.5 Å². The molecule has 4 fully saturated rings. The van der Waals surface area contributed by atoms with Gasteiger partial charge in [0.1, 0.15) is 11.9 Å². The lowest BCUT2D eigenvalue weighted by Gasteiger charge is -2.52. The maximum Gasteiger partial charge on any atom is 0.573 e. The molecule has 3 unspecified atom stereocenters. The highest BCUT2D eigenvalue weighted by Gasteiger charge is 2.55. The molecule has 0 aromatic heterocycles. The van der Waals surface area contributed by atoms with Gasteiger partial charge < -0.3 is 20.1 Å². The number of hydrazine groups is 1. The van der Waals surface area contributed by atoms with Gasteiger partial charge in [0.25, 0.3) is 0 Å². The summed E-state index contributed by atoms with van der Waals surface area (Å²) in [7, 11) is 1.74. The zero-order valence-electron chi connectivity index (χ0n) is 20.8. The fourth-order valence-electron chi connectivity index (χ4n) is 6.42. The Morgan fingerprint density at radius 2 is 1.89 bits per heavy atom. The van der Waals surface area contributed by atoms with Crippen molar-refractivity contribution in [2.24, 2.45) is 5.92 Å². The van der Waals surface area contributed by atoms with Gasteiger partial charge in [-0.3, -0.25) is 9.69 Å². The number of nitrogens with one attached hydrogen (secondary N) is 3. The molecule has 9 nitrogen and oxygen atoms in total. The molecule has 4 aliphatic rings. The van der Waals surface area contributed by atoms with Crippen molar-refractivity contribution in [2.45, 2.75) is 74.8 Å². The second-order valence-corrected chi connectivity index (χ2v) is 10.5. The van der Waals surface area contributed by atoms with E-state index in [1.54, 1.807) is 7.11 Å². The minimum atomic E-state index is -4.76. The van der Waals surface area contributed by atoms with Gasteiger partial charge in [-0.2, -0.15) is 5.26 Å². The van der Waals surface area contributed by atoms with Crippen LogP contribution in [0.4, 0.5) is 18.9 Å². The quantitative estimate of drug-likeness (QED) is 0.503. The zero-order valence-corrected chi connectivity index (χ0v) is 20.8. The minimum absolute atomic E-state index is 0.0762. The molecule has 1 saturated carbocycles. The molecule has 0 spiro atoms. The number of benzene rings is 1. The van der Waals surface area contributed by atoms with Crippen molar-refractivity contribution >= 4 is 11.6 Å². The molecular weight excluding hydrogens is 489 g/mol. The molecule has 1 aliphatic carbocycles. The number of alkyl halides is 3. The first-order valence-corrected chi connectivity index (χ1v) is 12.8. The topological polar surface area (TPSA) is 102 Å². The fourth-order valence-corrected chi connectivity index (χ4v) is 6.42. The monoisotopic (exact) mass is 522 g/mol. The summed E-state index contributed by atoms with van der Waals surface area (Å²) in [5, 5.41) is 18.2. The highest BCUT2D eigenvalue weighted by Crippen LogP contribution is 2.44. The third-order valence-electron chi connectivity index (χ3n) is 8.37. The second-order valence-electron chi connectivity index (χ2n) is 10.5. The molecule has 0 radical (unpaired) electrons. The zero-order chi connectivity index (χ0) is 26.2. The number of anilines is 1. The summed E-state index contributed by atoms with van der Waals surface area (Å²) in [5.74, 6) is -0.796. The van der Waals surface area contributed by atoms with Crippen molar-refractivity contribution < 1.29 is 27.4 Å². The largest absolute Gasteiger partial charge is 0.573 e. The number of hydrogen-bond acceptors (Lipinski definition) is 8. The number of rotatable bonds is 7. The molecule has 1 amide bonds.